The minimum absolute atomic E-state index is 0.216. The van der Waals surface area contributed by atoms with E-state index in [1.54, 1.807) is 0 Å². The van der Waals surface area contributed by atoms with Crippen molar-refractivity contribution in [3.63, 3.8) is 0 Å². The van der Waals surface area contributed by atoms with Crippen LogP contribution in [0, 0.1) is 11.8 Å². The van der Waals surface area contributed by atoms with Gasteiger partial charge in [0.15, 0.2) is 6.29 Å². The lowest BCUT2D eigenvalue weighted by molar-refractivity contribution is -0.154. The first-order valence-corrected chi connectivity index (χ1v) is 19.6. The van der Waals surface area contributed by atoms with Crippen molar-refractivity contribution in [2.45, 2.75) is 37.9 Å². The smallest absolute Gasteiger partial charge is 0.158 e. The van der Waals surface area contributed by atoms with E-state index in [0.717, 1.165) is 57.2 Å². The fourth-order valence-corrected chi connectivity index (χ4v) is 11.3. The highest BCUT2D eigenvalue weighted by molar-refractivity contribution is 7.78. The Balaban J connectivity index is 1.40. The quantitative estimate of drug-likeness (QED) is 0.116. The molecule has 4 nitrogen and oxygen atoms in total. The van der Waals surface area contributed by atoms with Crippen LogP contribution in [0.15, 0.2) is 140 Å². The number of ether oxygens (including phenoxy) is 2. The van der Waals surface area contributed by atoms with Crippen LogP contribution in [0.25, 0.3) is 0 Å². The van der Waals surface area contributed by atoms with E-state index >= 15 is 4.57 Å². The molecule has 1 heterocycles. The molecule has 1 aliphatic heterocycles. The highest BCUT2D eigenvalue weighted by Gasteiger charge is 2.30. The number of hydrogen-bond acceptors (Lipinski definition) is 4. The first kappa shape index (κ1) is 32.0. The molecule has 0 spiro atoms. The van der Waals surface area contributed by atoms with Crippen molar-refractivity contribution < 1.29 is 18.6 Å². The van der Waals surface area contributed by atoms with Crippen LogP contribution < -0.4 is 21.2 Å². The average molecular weight is 645 g/mol. The second-order valence-electron chi connectivity index (χ2n) is 11.5. The second-order valence-corrected chi connectivity index (χ2v) is 17.2. The van der Waals surface area contributed by atoms with Crippen molar-refractivity contribution in [3.05, 3.63) is 156 Å². The summed E-state index contributed by atoms with van der Waals surface area (Å²) in [5, 5.41) is 3.21. The Kier molecular flexibility index (Phi) is 10.5. The third-order valence-corrected chi connectivity index (χ3v) is 14.5. The van der Waals surface area contributed by atoms with Crippen LogP contribution in [0.1, 0.15) is 36.0 Å². The van der Waals surface area contributed by atoms with Crippen LogP contribution in [0.2, 0.25) is 0 Å². The zero-order valence-corrected chi connectivity index (χ0v) is 27.6. The summed E-state index contributed by atoms with van der Waals surface area (Å²) < 4.78 is 41.7. The van der Waals surface area contributed by atoms with Gasteiger partial charge in [0, 0.05) is 45.7 Å². The van der Waals surface area contributed by atoms with Crippen LogP contribution >= 0.6 is 14.3 Å². The largest absolute Gasteiger partial charge is 0.353 e. The van der Waals surface area contributed by atoms with Crippen LogP contribution in [0.3, 0.4) is 0 Å². The molecule has 0 bridgehead atoms. The SMILES string of the molecule is O=P(Cc1ccc(C#CCOC2CCCCO2)c(CP(=O)(c2ccccc2)c2ccccc2)c1)(c1ccccc1)c1ccccc1. The maximum atomic E-state index is 15.2. The molecule has 0 aromatic heterocycles. The van der Waals surface area contributed by atoms with E-state index in [0.29, 0.717) is 12.8 Å². The topological polar surface area (TPSA) is 52.6 Å². The molecule has 0 aliphatic carbocycles. The summed E-state index contributed by atoms with van der Waals surface area (Å²) in [5.74, 6) is 6.49. The normalized spacial score (nSPS) is 15.1. The molecule has 1 fully saturated rings. The highest BCUT2D eigenvalue weighted by atomic mass is 31.2. The molecule has 5 aromatic carbocycles. The summed E-state index contributed by atoms with van der Waals surface area (Å²) in [6, 6.07) is 44.9. The van der Waals surface area contributed by atoms with Gasteiger partial charge in [-0.1, -0.05) is 145 Å². The van der Waals surface area contributed by atoms with Gasteiger partial charge in [-0.25, -0.2) is 0 Å². The Labute approximate surface area is 272 Å². The maximum Gasteiger partial charge on any atom is 0.158 e. The van der Waals surface area contributed by atoms with E-state index in [9.17, 15) is 4.57 Å². The maximum absolute atomic E-state index is 15.2. The van der Waals surface area contributed by atoms with E-state index in [4.69, 9.17) is 9.47 Å². The van der Waals surface area contributed by atoms with Gasteiger partial charge in [0.2, 0.25) is 0 Å². The summed E-state index contributed by atoms with van der Waals surface area (Å²) in [6.45, 7) is 0.964. The zero-order valence-electron chi connectivity index (χ0n) is 25.8. The summed E-state index contributed by atoms with van der Waals surface area (Å²) in [5.41, 5.74) is 2.57. The molecule has 46 heavy (non-hydrogen) atoms. The fourth-order valence-electron chi connectivity index (χ4n) is 5.94. The summed E-state index contributed by atoms with van der Waals surface area (Å²) in [6.07, 6.45) is 3.44. The monoisotopic (exact) mass is 644 g/mol. The lowest BCUT2D eigenvalue weighted by atomic mass is 10.1. The summed E-state index contributed by atoms with van der Waals surface area (Å²) in [7, 11) is -6.14. The number of rotatable bonds is 10. The minimum Gasteiger partial charge on any atom is -0.353 e. The molecule has 1 atom stereocenters. The first-order chi connectivity index (χ1) is 22.5. The molecule has 1 saturated heterocycles. The molecule has 1 aliphatic rings. The standard InChI is InChI=1S/C40H38O4P2/c41-45(36-17-5-1-6-18-36,37-19-7-2-8-20-37)31-33-26-27-34(16-15-29-44-40-25-13-14-28-43-40)35(30-33)32-46(42,38-21-9-3-10-22-38)39-23-11-4-12-24-39/h1-12,17-24,26-27,30,40H,13-14,25,28-29,31-32H2. The van der Waals surface area contributed by atoms with Gasteiger partial charge in [0.05, 0.1) is 0 Å². The molecule has 6 rings (SSSR count). The van der Waals surface area contributed by atoms with E-state index in [-0.39, 0.29) is 19.1 Å². The Morgan fingerprint density at radius 1 is 0.630 bits per heavy atom. The number of benzene rings is 5. The third-order valence-electron chi connectivity index (χ3n) is 8.36. The zero-order chi connectivity index (χ0) is 31.7. The molecule has 1 unspecified atom stereocenters. The molecule has 5 aromatic rings. The van der Waals surface area contributed by atoms with Gasteiger partial charge < -0.3 is 18.6 Å². The molecule has 0 amide bonds. The molecule has 0 N–H and O–H groups in total. The first-order valence-electron chi connectivity index (χ1n) is 15.8. The third kappa shape index (κ3) is 7.53. The van der Waals surface area contributed by atoms with Crippen LogP contribution in [-0.2, 0) is 30.9 Å². The molecule has 0 saturated carbocycles. The van der Waals surface area contributed by atoms with Crippen molar-refractivity contribution in [3.8, 4) is 11.8 Å². The van der Waals surface area contributed by atoms with E-state index in [1.165, 1.54) is 0 Å². The van der Waals surface area contributed by atoms with Gasteiger partial charge in [-0.3, -0.25) is 0 Å². The average Bonchev–Trinajstić information content (AvgIpc) is 3.12. The lowest BCUT2D eigenvalue weighted by Gasteiger charge is -2.22. The van der Waals surface area contributed by atoms with E-state index in [2.05, 4.69) is 17.9 Å². The van der Waals surface area contributed by atoms with Crippen molar-refractivity contribution in [2.75, 3.05) is 13.2 Å². The number of hydrogen-bond donors (Lipinski definition) is 0. The van der Waals surface area contributed by atoms with Crippen LogP contribution in [-0.4, -0.2) is 19.5 Å². The van der Waals surface area contributed by atoms with Crippen LogP contribution in [0.5, 0.6) is 0 Å². The predicted molar refractivity (Wildman–Crippen MR) is 190 cm³/mol. The van der Waals surface area contributed by atoms with Crippen molar-refractivity contribution >= 4 is 35.5 Å². The minimum atomic E-state index is -3.11. The van der Waals surface area contributed by atoms with Crippen molar-refractivity contribution in [1.82, 2.24) is 0 Å². The molecular weight excluding hydrogens is 606 g/mol. The predicted octanol–water partition coefficient (Wildman–Crippen LogP) is 7.61. The molecule has 232 valence electrons. The lowest BCUT2D eigenvalue weighted by Crippen LogP contribution is -2.22. The highest BCUT2D eigenvalue weighted by Crippen LogP contribution is 2.49. The fraction of sp³-hybridized carbons (Fsp3) is 0.200. The van der Waals surface area contributed by atoms with E-state index in [1.807, 2.05) is 133 Å². The Morgan fingerprint density at radius 3 is 1.61 bits per heavy atom. The van der Waals surface area contributed by atoms with Gasteiger partial charge in [0.1, 0.15) is 20.9 Å². The van der Waals surface area contributed by atoms with Gasteiger partial charge in [-0.15, -0.1) is 0 Å². The van der Waals surface area contributed by atoms with Gasteiger partial charge in [-0.2, -0.15) is 0 Å². The molecule has 6 heteroatoms. The molecular formula is C40H38O4P2. The van der Waals surface area contributed by atoms with E-state index < -0.39 is 14.3 Å². The van der Waals surface area contributed by atoms with Gasteiger partial charge >= 0.3 is 0 Å². The Hall–Kier alpha value is -3.96. The van der Waals surface area contributed by atoms with Crippen molar-refractivity contribution in [1.29, 1.82) is 0 Å². The van der Waals surface area contributed by atoms with Gasteiger partial charge in [-0.05, 0) is 36.5 Å². The molecule has 0 radical (unpaired) electrons. The van der Waals surface area contributed by atoms with Gasteiger partial charge in [0.25, 0.3) is 0 Å². The Morgan fingerprint density at radius 2 is 1.13 bits per heavy atom. The Bertz CT molecular complexity index is 1790. The summed E-state index contributed by atoms with van der Waals surface area (Å²) in [4.78, 5) is 0. The van der Waals surface area contributed by atoms with Crippen molar-refractivity contribution in [2.24, 2.45) is 0 Å². The summed E-state index contributed by atoms with van der Waals surface area (Å²) >= 11 is 0. The van der Waals surface area contributed by atoms with Crippen LogP contribution in [0.4, 0.5) is 0 Å². The second kappa shape index (κ2) is 15.1.